The Kier molecular flexibility index (Phi) is 2.02. The molecule has 3 nitrogen and oxygen atoms in total. The van der Waals surface area contributed by atoms with E-state index in [9.17, 15) is 4.91 Å². The molecule has 0 amide bonds. The molecule has 0 saturated carbocycles. The van der Waals surface area contributed by atoms with Gasteiger partial charge in [-0.1, -0.05) is 42.1 Å². The summed E-state index contributed by atoms with van der Waals surface area (Å²) >= 11 is 1.63. The van der Waals surface area contributed by atoms with E-state index in [2.05, 4.69) is 23.6 Å². The lowest BCUT2D eigenvalue weighted by molar-refractivity contribution is -0.596. The zero-order valence-electron chi connectivity index (χ0n) is 8.14. The van der Waals surface area contributed by atoms with Gasteiger partial charge in [0, 0.05) is 4.91 Å². The fourth-order valence-electron chi connectivity index (χ4n) is 2.07. The molecule has 1 unspecified atom stereocenters. The highest BCUT2D eigenvalue weighted by molar-refractivity contribution is 8.02. The van der Waals surface area contributed by atoms with Crippen molar-refractivity contribution in [3.8, 4) is 0 Å². The largest absolute Gasteiger partial charge is 0.274 e. The molecule has 1 aliphatic carbocycles. The van der Waals surface area contributed by atoms with Gasteiger partial charge in [0.05, 0.1) is 4.91 Å². The smallest absolute Gasteiger partial charge is 0.140 e. The third-order valence-electron chi connectivity index (χ3n) is 2.80. The Balaban J connectivity index is 2.05. The molecule has 0 bridgehead atoms. The van der Waals surface area contributed by atoms with Crippen LogP contribution in [0.15, 0.2) is 35.2 Å². The maximum atomic E-state index is 11.3. The molecule has 1 fully saturated rings. The third-order valence-corrected chi connectivity index (χ3v) is 3.89. The van der Waals surface area contributed by atoms with Crippen LogP contribution >= 0.6 is 11.8 Å². The lowest BCUT2D eigenvalue weighted by Crippen LogP contribution is -2.37. The van der Waals surface area contributed by atoms with Gasteiger partial charge in [0.15, 0.2) is 0 Å². The van der Waals surface area contributed by atoms with Gasteiger partial charge in [0.25, 0.3) is 5.88 Å². The fourth-order valence-corrected chi connectivity index (χ4v) is 2.96. The Morgan fingerprint density at radius 1 is 1.40 bits per heavy atom. The Bertz CT molecular complexity index is 456. The number of nitrogens with zero attached hydrogens (tertiary/aromatic N) is 1. The van der Waals surface area contributed by atoms with Crippen molar-refractivity contribution in [1.29, 1.82) is 0 Å². The monoisotopic (exact) mass is 219 g/mol. The number of hydrogen-bond acceptors (Lipinski definition) is 2. The molecule has 0 spiro atoms. The maximum Gasteiger partial charge on any atom is 0.274 e. The van der Waals surface area contributed by atoms with Gasteiger partial charge >= 0.3 is 0 Å². The lowest BCUT2D eigenvalue weighted by Gasteiger charge is -2.26. The number of rotatable bonds is 0. The molecule has 0 aromatic heterocycles. The van der Waals surface area contributed by atoms with Gasteiger partial charge in [-0.2, -0.15) is 0 Å². The van der Waals surface area contributed by atoms with Crippen molar-refractivity contribution in [2.45, 2.75) is 12.5 Å². The number of thioether (sulfide) groups is 1. The van der Waals surface area contributed by atoms with Crippen LogP contribution in [0.25, 0.3) is 0 Å². The summed E-state index contributed by atoms with van der Waals surface area (Å²) in [6.07, 6.45) is 3.20. The minimum atomic E-state index is 0.0752. The van der Waals surface area contributed by atoms with Crippen molar-refractivity contribution in [1.82, 2.24) is 5.43 Å². The average molecular weight is 219 g/mol. The van der Waals surface area contributed by atoms with Crippen molar-refractivity contribution in [3.05, 3.63) is 51.3 Å². The third kappa shape index (κ3) is 1.45. The Hall–Kier alpha value is -1.29. The van der Waals surface area contributed by atoms with E-state index >= 15 is 0 Å². The topological polar surface area (TPSA) is 32.1 Å². The first kappa shape index (κ1) is 8.97. The van der Waals surface area contributed by atoms with E-state index in [4.69, 9.17) is 0 Å². The minimum absolute atomic E-state index is 0.0752. The van der Waals surface area contributed by atoms with E-state index in [0.29, 0.717) is 5.88 Å². The molecule has 15 heavy (non-hydrogen) atoms. The van der Waals surface area contributed by atoms with Crippen LogP contribution in [0, 0.1) is 4.91 Å². The van der Waals surface area contributed by atoms with Crippen LogP contribution in [-0.4, -0.2) is 10.7 Å². The number of nitrogens with one attached hydrogen (secondary N) is 1. The second kappa shape index (κ2) is 3.38. The van der Waals surface area contributed by atoms with Gasteiger partial charge in [0.1, 0.15) is 10.9 Å². The summed E-state index contributed by atoms with van der Waals surface area (Å²) in [5.74, 6) is 0.477. The first-order valence-corrected chi connectivity index (χ1v) is 5.94. The summed E-state index contributed by atoms with van der Waals surface area (Å²) in [4.78, 5) is 13.5. The Morgan fingerprint density at radius 2 is 2.27 bits per heavy atom. The van der Waals surface area contributed by atoms with Crippen LogP contribution in [0.1, 0.15) is 17.2 Å². The van der Waals surface area contributed by atoms with Crippen LogP contribution in [0.2, 0.25) is 0 Å². The molecule has 1 aromatic carbocycles. The van der Waals surface area contributed by atoms with Crippen LogP contribution < -0.4 is 5.43 Å². The number of fused-ring (bicyclic) bond motifs is 3. The molecule has 1 aliphatic heterocycles. The molecule has 1 saturated heterocycles. The van der Waals surface area contributed by atoms with Crippen molar-refractivity contribution < 1.29 is 4.87 Å². The summed E-state index contributed by atoms with van der Waals surface area (Å²) in [6, 6.07) is 8.37. The molecule has 1 atom stereocenters. The highest BCUT2D eigenvalue weighted by Crippen LogP contribution is 2.38. The van der Waals surface area contributed by atoms with E-state index < -0.39 is 0 Å². The molecule has 1 aromatic rings. The number of allylic oxidation sites excluding steroid dienone is 1. The van der Waals surface area contributed by atoms with Gasteiger partial charge in [-0.05, 0) is 17.5 Å². The second-order valence-corrected chi connectivity index (χ2v) is 4.74. The van der Waals surface area contributed by atoms with Crippen LogP contribution in [0.3, 0.4) is 0 Å². The molecular formula is C11H11N2OS+. The highest BCUT2D eigenvalue weighted by Gasteiger charge is 2.33. The Morgan fingerprint density at radius 3 is 3.20 bits per heavy atom. The normalized spacial score (nSPS) is 23.6. The second-order valence-electron chi connectivity index (χ2n) is 3.72. The average Bonchev–Trinajstić information content (AvgIpc) is 2.29. The predicted octanol–water partition coefficient (Wildman–Crippen LogP) is 2.16. The van der Waals surface area contributed by atoms with E-state index in [1.54, 1.807) is 11.8 Å². The Labute approximate surface area is 92.1 Å². The zero-order chi connectivity index (χ0) is 10.3. The summed E-state index contributed by atoms with van der Waals surface area (Å²) in [5, 5.41) is 0. The molecule has 2 aliphatic rings. The highest BCUT2D eigenvalue weighted by atomic mass is 32.2. The van der Waals surface area contributed by atoms with E-state index in [0.717, 1.165) is 11.3 Å². The van der Waals surface area contributed by atoms with Crippen LogP contribution in [0.4, 0.5) is 0 Å². The summed E-state index contributed by atoms with van der Waals surface area (Å²) in [7, 11) is 0. The zero-order valence-corrected chi connectivity index (χ0v) is 8.96. The van der Waals surface area contributed by atoms with Gasteiger partial charge in [-0.15, -0.1) is 5.43 Å². The van der Waals surface area contributed by atoms with Gasteiger partial charge in [0.2, 0.25) is 0 Å². The number of benzene rings is 1. The maximum absolute atomic E-state index is 11.3. The van der Waals surface area contributed by atoms with E-state index in [1.165, 1.54) is 16.0 Å². The number of hydrazine groups is 1. The SMILES string of the molecule is O=[N+]1CSC2=CCc3ccccc3C2N1. The first-order chi connectivity index (χ1) is 7.34. The minimum Gasteiger partial charge on any atom is -0.140 e. The van der Waals surface area contributed by atoms with E-state index in [-0.39, 0.29) is 6.04 Å². The fraction of sp³-hybridized carbons (Fsp3) is 0.273. The molecule has 76 valence electrons. The summed E-state index contributed by atoms with van der Waals surface area (Å²) in [6.45, 7) is 0. The van der Waals surface area contributed by atoms with Crippen molar-refractivity contribution in [2.75, 3.05) is 5.88 Å². The molecular weight excluding hydrogens is 208 g/mol. The predicted molar refractivity (Wildman–Crippen MR) is 60.2 cm³/mol. The molecule has 4 heteroatoms. The summed E-state index contributed by atoms with van der Waals surface area (Å²) in [5.41, 5.74) is 5.52. The lowest BCUT2D eigenvalue weighted by atomic mass is 9.93. The van der Waals surface area contributed by atoms with Crippen molar-refractivity contribution in [3.63, 3.8) is 0 Å². The number of nitroso groups, excluding NO2 is 1. The van der Waals surface area contributed by atoms with Crippen LogP contribution in [-0.2, 0) is 6.42 Å². The molecule has 0 radical (unpaired) electrons. The van der Waals surface area contributed by atoms with Gasteiger partial charge in [-0.25, -0.2) is 0 Å². The van der Waals surface area contributed by atoms with Gasteiger partial charge < -0.3 is 0 Å². The van der Waals surface area contributed by atoms with Gasteiger partial charge in [-0.3, -0.25) is 0 Å². The van der Waals surface area contributed by atoms with Crippen molar-refractivity contribution >= 4 is 11.8 Å². The molecule has 1 heterocycles. The number of hydrogen-bond donors (Lipinski definition) is 1. The summed E-state index contributed by atoms with van der Waals surface area (Å²) < 4.78 is 0. The molecule has 3 rings (SSSR count). The quantitative estimate of drug-likeness (QED) is 0.679. The van der Waals surface area contributed by atoms with Crippen molar-refractivity contribution in [2.24, 2.45) is 0 Å². The standard InChI is InChI=1S/C11H11N2OS/c14-13-7-15-10-6-5-8-3-1-2-4-9(8)11(10)12-13/h1-4,6,11H,5,7H2,(H,12,14)/q+1. The van der Waals surface area contributed by atoms with E-state index in [1.807, 2.05) is 12.1 Å². The molecule has 1 N–H and O–H groups in total. The first-order valence-electron chi connectivity index (χ1n) is 4.96. The van der Waals surface area contributed by atoms with Crippen LogP contribution in [0.5, 0.6) is 0 Å².